The lowest BCUT2D eigenvalue weighted by molar-refractivity contribution is -0.123. The van der Waals surface area contributed by atoms with E-state index in [1.807, 2.05) is 6.07 Å². The van der Waals surface area contributed by atoms with Gasteiger partial charge in [0, 0.05) is 19.3 Å². The van der Waals surface area contributed by atoms with Crippen LogP contribution in [0.25, 0.3) is 11.7 Å². The molecule has 0 aliphatic carbocycles. The van der Waals surface area contributed by atoms with Gasteiger partial charge in [-0.25, -0.2) is 13.4 Å². The second-order valence-electron chi connectivity index (χ2n) is 8.89. The molecule has 2 atom stereocenters. The zero-order chi connectivity index (χ0) is 23.3. The number of aromatic nitrogens is 2. The molecule has 3 fully saturated rings. The molecule has 11 heteroatoms. The lowest BCUT2D eigenvalue weighted by Gasteiger charge is -2.32. The summed E-state index contributed by atoms with van der Waals surface area (Å²) in [5, 5.41) is 0. The van der Waals surface area contributed by atoms with E-state index in [0.29, 0.717) is 38.6 Å². The first kappa shape index (κ1) is 22.5. The number of carbonyl (C=O) groups is 1. The average Bonchev–Trinajstić information content (AvgIpc) is 3.27. The third-order valence-corrected chi connectivity index (χ3v) is 9.46. The Bertz CT molecular complexity index is 1350. The maximum absolute atomic E-state index is 13.5. The maximum atomic E-state index is 13.5. The number of fused-ring (bicyclic) bond motifs is 1. The molecule has 5 rings (SSSR count). The molecular weight excluding hydrogens is 480 g/mol. The Morgan fingerprint density at radius 3 is 2.79 bits per heavy atom. The summed E-state index contributed by atoms with van der Waals surface area (Å²) < 4.78 is 25.7. The van der Waals surface area contributed by atoms with Gasteiger partial charge in [-0.05, 0) is 43.4 Å². The van der Waals surface area contributed by atoms with Crippen LogP contribution in [0.15, 0.2) is 34.1 Å². The predicted octanol–water partition coefficient (Wildman–Crippen LogP) is 2.32. The highest BCUT2D eigenvalue weighted by Crippen LogP contribution is 2.37. The summed E-state index contributed by atoms with van der Waals surface area (Å²) in [6.07, 6.45) is 5.76. The topological polar surface area (TPSA) is 92.1 Å². The van der Waals surface area contributed by atoms with Crippen molar-refractivity contribution in [2.24, 2.45) is 5.92 Å². The van der Waals surface area contributed by atoms with Crippen molar-refractivity contribution in [2.45, 2.75) is 32.2 Å². The Morgan fingerprint density at radius 2 is 2.06 bits per heavy atom. The summed E-state index contributed by atoms with van der Waals surface area (Å²) >= 11 is 6.54. The number of sulfone groups is 1. The average molecular weight is 505 g/mol. The predicted molar refractivity (Wildman–Crippen MR) is 134 cm³/mol. The van der Waals surface area contributed by atoms with Crippen LogP contribution >= 0.6 is 24.0 Å². The number of hydrogen-bond donors (Lipinski definition) is 0. The first-order valence-electron chi connectivity index (χ1n) is 11.0. The highest BCUT2D eigenvalue weighted by atomic mass is 32.2. The minimum absolute atomic E-state index is 0.0566. The van der Waals surface area contributed by atoms with Crippen molar-refractivity contribution in [1.29, 1.82) is 0 Å². The summed E-state index contributed by atoms with van der Waals surface area (Å²) in [7, 11) is -3.17. The fraction of sp³-hybridized carbons (Fsp3) is 0.455. The second-order valence-corrected chi connectivity index (χ2v) is 12.8. The highest BCUT2D eigenvalue weighted by molar-refractivity contribution is 8.26. The number of anilines is 1. The smallest absolute Gasteiger partial charge is 0.267 e. The van der Waals surface area contributed by atoms with Crippen molar-refractivity contribution in [1.82, 2.24) is 14.3 Å². The van der Waals surface area contributed by atoms with Gasteiger partial charge < -0.3 is 4.90 Å². The van der Waals surface area contributed by atoms with Crippen LogP contribution in [0.2, 0.25) is 0 Å². The molecule has 0 bridgehead atoms. The van der Waals surface area contributed by atoms with Gasteiger partial charge in [0.1, 0.15) is 15.8 Å². The molecule has 8 nitrogen and oxygen atoms in total. The number of thiocarbonyl (C=S) groups is 1. The number of rotatable bonds is 3. The van der Waals surface area contributed by atoms with Gasteiger partial charge in [0.2, 0.25) is 0 Å². The molecule has 1 amide bonds. The van der Waals surface area contributed by atoms with E-state index in [1.165, 1.54) is 9.30 Å². The van der Waals surface area contributed by atoms with Crippen LogP contribution in [0.1, 0.15) is 31.7 Å². The Labute approximate surface area is 201 Å². The third-order valence-electron chi connectivity index (χ3n) is 6.38. The SMILES string of the molecule is CC1CCCN(c2nc3ccccn3c(=O)c2/C=C2/SC(=S)N(C3CCS(=O)(=O)C3)C2=O)C1. The van der Waals surface area contributed by atoms with E-state index in [-0.39, 0.29) is 23.0 Å². The van der Waals surface area contributed by atoms with Gasteiger partial charge >= 0.3 is 0 Å². The lowest BCUT2D eigenvalue weighted by atomic mass is 10.00. The summed E-state index contributed by atoms with van der Waals surface area (Å²) in [6.45, 7) is 3.76. The summed E-state index contributed by atoms with van der Waals surface area (Å²) in [5.74, 6) is 0.685. The molecule has 0 aromatic carbocycles. The number of piperidine rings is 1. The zero-order valence-electron chi connectivity index (χ0n) is 18.1. The van der Waals surface area contributed by atoms with E-state index in [9.17, 15) is 18.0 Å². The molecule has 33 heavy (non-hydrogen) atoms. The lowest BCUT2D eigenvalue weighted by Crippen LogP contribution is -2.39. The van der Waals surface area contributed by atoms with Crippen molar-refractivity contribution in [3.05, 3.63) is 45.2 Å². The standard InChI is InChI=1S/C22H24N4O4S3/c1-14-5-4-8-24(12-14)19-16(20(27)25-9-3-2-6-18(25)23-19)11-17-21(28)26(22(31)32-17)15-7-10-33(29,30)13-15/h2-3,6,9,11,14-15H,4-5,7-8,10,12-13H2,1H3/b17-11+. The maximum Gasteiger partial charge on any atom is 0.267 e. The monoisotopic (exact) mass is 504 g/mol. The van der Waals surface area contributed by atoms with Gasteiger partial charge in [0.25, 0.3) is 11.5 Å². The molecule has 3 aliphatic heterocycles. The number of pyridine rings is 1. The van der Waals surface area contributed by atoms with Crippen LogP contribution < -0.4 is 10.5 Å². The zero-order valence-corrected chi connectivity index (χ0v) is 20.6. The van der Waals surface area contributed by atoms with Crippen molar-refractivity contribution >= 4 is 61.6 Å². The first-order chi connectivity index (χ1) is 15.7. The third kappa shape index (κ3) is 4.22. The number of thioether (sulfide) groups is 1. The first-order valence-corrected chi connectivity index (χ1v) is 14.0. The molecule has 2 aromatic rings. The fourth-order valence-corrected chi connectivity index (χ4v) is 7.83. The Hall–Kier alpha value is -2.24. The van der Waals surface area contributed by atoms with Crippen molar-refractivity contribution in [3.63, 3.8) is 0 Å². The van der Waals surface area contributed by atoms with Crippen molar-refractivity contribution in [3.8, 4) is 0 Å². The normalized spacial score (nSPS) is 26.6. The van der Waals surface area contributed by atoms with Crippen LogP contribution in [0, 0.1) is 5.92 Å². The van der Waals surface area contributed by atoms with E-state index < -0.39 is 15.9 Å². The summed E-state index contributed by atoms with van der Waals surface area (Å²) in [6, 6.07) is 4.95. The van der Waals surface area contributed by atoms with Crippen LogP contribution in [-0.4, -0.2) is 63.6 Å². The molecule has 2 unspecified atom stereocenters. The molecular formula is C22H24N4O4S3. The van der Waals surface area contributed by atoms with Crippen molar-refractivity contribution in [2.75, 3.05) is 29.5 Å². The number of nitrogens with zero attached hydrogens (tertiary/aromatic N) is 4. The van der Waals surface area contributed by atoms with Crippen LogP contribution in [-0.2, 0) is 14.6 Å². The highest BCUT2D eigenvalue weighted by Gasteiger charge is 2.42. The molecule has 0 saturated carbocycles. The van der Waals surface area contributed by atoms with E-state index in [1.54, 1.807) is 24.4 Å². The van der Waals surface area contributed by atoms with Crippen LogP contribution in [0.3, 0.4) is 0 Å². The number of amides is 1. The van der Waals surface area contributed by atoms with E-state index >= 15 is 0 Å². The van der Waals surface area contributed by atoms with Gasteiger partial charge in [-0.3, -0.25) is 18.9 Å². The molecule has 0 radical (unpaired) electrons. The molecule has 0 N–H and O–H groups in total. The minimum atomic E-state index is -3.17. The fourth-order valence-electron chi connectivity index (χ4n) is 4.74. The van der Waals surface area contributed by atoms with E-state index in [2.05, 4.69) is 11.8 Å². The Kier molecular flexibility index (Phi) is 5.82. The molecule has 0 spiro atoms. The minimum Gasteiger partial charge on any atom is -0.356 e. The number of hydrogen-bond acceptors (Lipinski definition) is 8. The molecule has 3 aliphatic rings. The number of carbonyl (C=O) groups excluding carboxylic acids is 1. The Balaban J connectivity index is 1.58. The van der Waals surface area contributed by atoms with E-state index in [0.717, 1.165) is 37.7 Å². The summed E-state index contributed by atoms with van der Waals surface area (Å²) in [4.78, 5) is 35.4. The van der Waals surface area contributed by atoms with Crippen molar-refractivity contribution < 1.29 is 13.2 Å². The van der Waals surface area contributed by atoms with Gasteiger partial charge in [0.15, 0.2) is 9.84 Å². The molecule has 2 aromatic heterocycles. The molecule has 5 heterocycles. The Morgan fingerprint density at radius 1 is 1.24 bits per heavy atom. The van der Waals surface area contributed by atoms with Gasteiger partial charge in [-0.15, -0.1) is 0 Å². The second kappa shape index (κ2) is 8.52. The largest absolute Gasteiger partial charge is 0.356 e. The van der Waals surface area contributed by atoms with Gasteiger partial charge in [0.05, 0.1) is 28.0 Å². The van der Waals surface area contributed by atoms with Gasteiger partial charge in [-0.1, -0.05) is 37.0 Å². The molecule has 3 saturated heterocycles. The quantitative estimate of drug-likeness (QED) is 0.465. The van der Waals surface area contributed by atoms with Crippen LogP contribution in [0.5, 0.6) is 0 Å². The van der Waals surface area contributed by atoms with Crippen LogP contribution in [0.4, 0.5) is 5.82 Å². The van der Waals surface area contributed by atoms with E-state index in [4.69, 9.17) is 17.2 Å². The molecule has 174 valence electrons. The van der Waals surface area contributed by atoms with Gasteiger partial charge in [-0.2, -0.15) is 0 Å². The summed E-state index contributed by atoms with van der Waals surface area (Å²) in [5.41, 5.74) is 0.659.